The molecule has 0 spiro atoms. The van der Waals surface area contributed by atoms with Crippen molar-refractivity contribution < 1.29 is 68.7 Å². The van der Waals surface area contributed by atoms with Crippen molar-refractivity contribution in [2.75, 3.05) is 0 Å². The van der Waals surface area contributed by atoms with Crippen LogP contribution in [-0.2, 0) is 28.8 Å². The molecule has 0 atom stereocenters. The van der Waals surface area contributed by atoms with Crippen molar-refractivity contribution >= 4 is 34.7 Å². The standard InChI is InChI=1S/3C11H20O2.Gd/c3*1-10(2,3)8(12)7-9(13)11(4,5)6;/h3*7H2,1-6H3;. The van der Waals surface area contributed by atoms with Crippen LogP contribution >= 0.6 is 0 Å². The van der Waals surface area contributed by atoms with E-state index < -0.39 is 32.5 Å². The maximum atomic E-state index is 11.5. The summed E-state index contributed by atoms with van der Waals surface area (Å²) in [6.07, 6.45) is 0.187. The first kappa shape index (κ1) is 46.3. The van der Waals surface area contributed by atoms with Crippen molar-refractivity contribution in [3.63, 3.8) is 0 Å². The van der Waals surface area contributed by atoms with Crippen molar-refractivity contribution in [1.29, 1.82) is 0 Å². The third kappa shape index (κ3) is 22.0. The molecule has 0 unspecified atom stereocenters. The zero-order valence-corrected chi connectivity index (χ0v) is 31.2. The van der Waals surface area contributed by atoms with E-state index in [1.54, 1.807) is 0 Å². The number of hydrogen-bond acceptors (Lipinski definition) is 6. The van der Waals surface area contributed by atoms with Gasteiger partial charge in [0.25, 0.3) is 0 Å². The first-order valence-corrected chi connectivity index (χ1v) is 13.8. The minimum atomic E-state index is -0.402. The van der Waals surface area contributed by atoms with E-state index in [1.807, 2.05) is 125 Å². The van der Waals surface area contributed by atoms with Gasteiger partial charge in [-0.1, -0.05) is 125 Å². The van der Waals surface area contributed by atoms with E-state index in [1.165, 1.54) is 0 Å². The summed E-state index contributed by atoms with van der Waals surface area (Å²) in [5.41, 5.74) is -2.41. The van der Waals surface area contributed by atoms with Crippen molar-refractivity contribution in [2.24, 2.45) is 32.5 Å². The number of Topliss-reactive ketones (excluding diaryl/α,β-unsaturated/α-hetero) is 6. The van der Waals surface area contributed by atoms with Crippen LogP contribution in [0.5, 0.6) is 0 Å². The Morgan fingerprint density at radius 1 is 0.275 bits per heavy atom. The third-order valence-electron chi connectivity index (χ3n) is 5.98. The Morgan fingerprint density at radius 2 is 0.350 bits per heavy atom. The summed E-state index contributed by atoms with van der Waals surface area (Å²) in [4.78, 5) is 69.0. The predicted molar refractivity (Wildman–Crippen MR) is 161 cm³/mol. The zero-order chi connectivity index (χ0) is 32.6. The molecule has 236 valence electrons. The third-order valence-corrected chi connectivity index (χ3v) is 5.98. The summed E-state index contributed by atoms with van der Waals surface area (Å²) in [5, 5.41) is 0. The Kier molecular flexibility index (Phi) is 19.5. The maximum absolute atomic E-state index is 11.5. The monoisotopic (exact) mass is 710 g/mol. The zero-order valence-electron chi connectivity index (χ0n) is 28.9. The number of carbonyl (C=O) groups excluding carboxylic acids is 6. The van der Waals surface area contributed by atoms with E-state index in [0.717, 1.165) is 0 Å². The van der Waals surface area contributed by atoms with Crippen molar-refractivity contribution in [1.82, 2.24) is 0 Å². The number of carbonyl (C=O) groups is 6. The van der Waals surface area contributed by atoms with E-state index in [-0.39, 0.29) is 93.9 Å². The Balaban J connectivity index is -0.000000240. The Morgan fingerprint density at radius 3 is 0.400 bits per heavy atom. The van der Waals surface area contributed by atoms with E-state index in [4.69, 9.17) is 0 Å². The van der Waals surface area contributed by atoms with Crippen molar-refractivity contribution in [3.05, 3.63) is 0 Å². The van der Waals surface area contributed by atoms with Gasteiger partial charge in [-0.15, -0.1) is 0 Å². The van der Waals surface area contributed by atoms with Crippen molar-refractivity contribution in [2.45, 2.75) is 144 Å². The molecule has 0 fully saturated rings. The molecule has 0 N–H and O–H groups in total. The molecule has 6 nitrogen and oxygen atoms in total. The second-order valence-corrected chi connectivity index (χ2v) is 16.6. The summed E-state index contributed by atoms with van der Waals surface area (Å²) < 4.78 is 0. The summed E-state index contributed by atoms with van der Waals surface area (Å²) in [7, 11) is 0. The van der Waals surface area contributed by atoms with Gasteiger partial charge in [-0.3, -0.25) is 28.8 Å². The smallest absolute Gasteiger partial charge is 0.145 e. The van der Waals surface area contributed by atoms with E-state index in [2.05, 4.69) is 0 Å². The molecule has 0 aromatic carbocycles. The van der Waals surface area contributed by atoms with Crippen LogP contribution in [0.15, 0.2) is 0 Å². The molecule has 0 amide bonds. The fourth-order valence-electron chi connectivity index (χ4n) is 2.03. The molecule has 0 heterocycles. The van der Waals surface area contributed by atoms with Crippen molar-refractivity contribution in [3.8, 4) is 0 Å². The molecule has 0 aliphatic carbocycles. The molecule has 0 saturated heterocycles. The van der Waals surface area contributed by atoms with Gasteiger partial charge in [0.05, 0.1) is 19.3 Å². The van der Waals surface area contributed by atoms with Gasteiger partial charge in [0.15, 0.2) is 0 Å². The summed E-state index contributed by atoms with van der Waals surface area (Å²) >= 11 is 0. The normalized spacial score (nSPS) is 12.4. The number of hydrogen-bond donors (Lipinski definition) is 0. The largest absolute Gasteiger partial charge is 0.299 e. The predicted octanol–water partition coefficient (Wildman–Crippen LogP) is 7.82. The molecule has 0 aromatic heterocycles. The van der Waals surface area contributed by atoms with Crippen LogP contribution in [0.1, 0.15) is 144 Å². The molecule has 7 heteroatoms. The van der Waals surface area contributed by atoms with E-state index >= 15 is 0 Å². The minimum absolute atomic E-state index is 0. The number of ketones is 6. The second kappa shape index (κ2) is 16.8. The van der Waals surface area contributed by atoms with Gasteiger partial charge >= 0.3 is 0 Å². The molecule has 0 aliphatic heterocycles. The SMILES string of the molecule is CC(C)(C)C(=O)CC(=O)C(C)(C)C.CC(C)(C)C(=O)CC(=O)C(C)(C)C.CC(C)(C)C(=O)CC(=O)C(C)(C)C.[Gd]. The molecule has 40 heavy (non-hydrogen) atoms. The minimum Gasteiger partial charge on any atom is -0.299 e. The number of rotatable bonds is 6. The molecule has 0 rings (SSSR count). The fraction of sp³-hybridized carbons (Fsp3) is 0.818. The van der Waals surface area contributed by atoms with Gasteiger partial charge < -0.3 is 0 Å². The molecule has 0 bridgehead atoms. The van der Waals surface area contributed by atoms with Gasteiger partial charge in [0, 0.05) is 72.4 Å². The van der Waals surface area contributed by atoms with Gasteiger partial charge in [0.2, 0.25) is 0 Å². The van der Waals surface area contributed by atoms with Crippen LogP contribution in [0.25, 0.3) is 0 Å². The van der Waals surface area contributed by atoms with Crippen LogP contribution in [0.4, 0.5) is 0 Å². The second-order valence-electron chi connectivity index (χ2n) is 16.6. The Hall–Kier alpha value is -0.655. The molecule has 0 aromatic rings. The average molecular weight is 710 g/mol. The molecule has 0 radical (unpaired) electrons. The Labute approximate surface area is 278 Å². The summed E-state index contributed by atoms with van der Waals surface area (Å²) in [5.74, 6) is 0.125. The van der Waals surface area contributed by atoms with Crippen LogP contribution in [0, 0.1) is 72.4 Å². The average Bonchev–Trinajstić information content (AvgIpc) is 2.64. The quantitative estimate of drug-likeness (QED) is 0.261. The summed E-state index contributed by atoms with van der Waals surface area (Å²) in [6.45, 7) is 33.1. The van der Waals surface area contributed by atoms with Gasteiger partial charge in [0.1, 0.15) is 34.7 Å². The molecule has 0 aliphatic rings. The molecular weight excluding hydrogens is 650 g/mol. The van der Waals surface area contributed by atoms with Crippen LogP contribution in [-0.4, -0.2) is 34.7 Å². The van der Waals surface area contributed by atoms with Crippen LogP contribution in [0.3, 0.4) is 0 Å². The first-order valence-electron chi connectivity index (χ1n) is 13.8. The molecule has 0 saturated carbocycles. The van der Waals surface area contributed by atoms with Crippen LogP contribution < -0.4 is 0 Å². The molecular formula is C33H60GdO6. The van der Waals surface area contributed by atoms with E-state index in [9.17, 15) is 28.8 Å². The van der Waals surface area contributed by atoms with Gasteiger partial charge in [-0.05, 0) is 0 Å². The van der Waals surface area contributed by atoms with Gasteiger partial charge in [-0.2, -0.15) is 0 Å². The van der Waals surface area contributed by atoms with Gasteiger partial charge in [-0.25, -0.2) is 0 Å². The topological polar surface area (TPSA) is 102 Å². The van der Waals surface area contributed by atoms with E-state index in [0.29, 0.717) is 0 Å². The maximum Gasteiger partial charge on any atom is 0.145 e. The first-order chi connectivity index (χ1) is 16.6. The van der Waals surface area contributed by atoms with Crippen LogP contribution in [0.2, 0.25) is 0 Å². The summed E-state index contributed by atoms with van der Waals surface area (Å²) in [6, 6.07) is 0. The Bertz CT molecular complexity index is 693. The fourth-order valence-corrected chi connectivity index (χ4v) is 2.03.